The molecule has 2 rings (SSSR count). The van der Waals surface area contributed by atoms with E-state index in [-0.39, 0.29) is 0 Å². The molecule has 0 aromatic heterocycles. The standard InChI is InChI=1S/C10H20N2/c1-7(2)12-8-3-5-9(11)10(12)6-4-8/h7-10H,3-6,11H2,1-2H3/t8-,9+,10-/m0/s1. The number of piperidine rings is 1. The van der Waals surface area contributed by atoms with Gasteiger partial charge in [0.25, 0.3) is 0 Å². The van der Waals surface area contributed by atoms with E-state index in [1.54, 1.807) is 0 Å². The Bertz CT molecular complexity index is 167. The summed E-state index contributed by atoms with van der Waals surface area (Å²) in [7, 11) is 0. The fraction of sp³-hybridized carbons (Fsp3) is 1.00. The number of hydrogen-bond donors (Lipinski definition) is 1. The third kappa shape index (κ3) is 1.17. The van der Waals surface area contributed by atoms with E-state index in [0.29, 0.717) is 18.1 Å². The summed E-state index contributed by atoms with van der Waals surface area (Å²) in [4.78, 5) is 2.65. The fourth-order valence-corrected chi connectivity index (χ4v) is 3.04. The smallest absolute Gasteiger partial charge is 0.0253 e. The van der Waals surface area contributed by atoms with Gasteiger partial charge in [-0.3, -0.25) is 4.90 Å². The first kappa shape index (κ1) is 8.52. The van der Waals surface area contributed by atoms with Crippen LogP contribution in [0.3, 0.4) is 0 Å². The quantitative estimate of drug-likeness (QED) is 0.640. The summed E-state index contributed by atoms with van der Waals surface area (Å²) in [6.45, 7) is 4.59. The van der Waals surface area contributed by atoms with Gasteiger partial charge in [0.2, 0.25) is 0 Å². The van der Waals surface area contributed by atoms with Crippen LogP contribution in [-0.2, 0) is 0 Å². The fourth-order valence-electron chi connectivity index (χ4n) is 3.04. The van der Waals surface area contributed by atoms with Crippen LogP contribution in [0.2, 0.25) is 0 Å². The molecule has 2 N–H and O–H groups in total. The van der Waals surface area contributed by atoms with Gasteiger partial charge >= 0.3 is 0 Å². The first-order chi connectivity index (χ1) is 5.70. The number of nitrogens with two attached hydrogens (primary N) is 1. The minimum Gasteiger partial charge on any atom is -0.326 e. The van der Waals surface area contributed by atoms with Crippen molar-refractivity contribution in [3.8, 4) is 0 Å². The predicted molar refractivity (Wildman–Crippen MR) is 51.0 cm³/mol. The Morgan fingerprint density at radius 2 is 1.83 bits per heavy atom. The van der Waals surface area contributed by atoms with Crippen molar-refractivity contribution in [2.24, 2.45) is 5.73 Å². The molecule has 2 saturated heterocycles. The average Bonchev–Trinajstić information content (AvgIpc) is 2.35. The van der Waals surface area contributed by atoms with Crippen LogP contribution in [0.5, 0.6) is 0 Å². The molecule has 0 amide bonds. The van der Waals surface area contributed by atoms with E-state index < -0.39 is 0 Å². The highest BCUT2D eigenvalue weighted by Gasteiger charge is 2.41. The molecule has 0 aliphatic carbocycles. The second-order valence-corrected chi connectivity index (χ2v) is 4.58. The molecule has 0 saturated carbocycles. The van der Waals surface area contributed by atoms with Gasteiger partial charge in [0.15, 0.2) is 0 Å². The molecule has 3 atom stereocenters. The van der Waals surface area contributed by atoms with Crippen molar-refractivity contribution < 1.29 is 0 Å². The van der Waals surface area contributed by atoms with E-state index in [9.17, 15) is 0 Å². The molecule has 2 bridgehead atoms. The van der Waals surface area contributed by atoms with Gasteiger partial charge in [0.05, 0.1) is 0 Å². The lowest BCUT2D eigenvalue weighted by molar-refractivity contribution is 0.0893. The number of rotatable bonds is 1. The second-order valence-electron chi connectivity index (χ2n) is 4.58. The first-order valence-electron chi connectivity index (χ1n) is 5.23. The van der Waals surface area contributed by atoms with Crippen molar-refractivity contribution in [3.63, 3.8) is 0 Å². The minimum atomic E-state index is 0.450. The second kappa shape index (κ2) is 3.00. The highest BCUT2D eigenvalue weighted by atomic mass is 15.3. The summed E-state index contributed by atoms with van der Waals surface area (Å²) >= 11 is 0. The topological polar surface area (TPSA) is 29.3 Å². The van der Waals surface area contributed by atoms with Crippen molar-refractivity contribution in [3.05, 3.63) is 0 Å². The molecule has 0 aromatic rings. The Morgan fingerprint density at radius 3 is 2.42 bits per heavy atom. The van der Waals surface area contributed by atoms with Gasteiger partial charge in [-0.15, -0.1) is 0 Å². The SMILES string of the molecule is CC(C)N1[C@H]2CC[C@@H](N)[C@@H]1CC2. The van der Waals surface area contributed by atoms with Crippen molar-refractivity contribution in [1.82, 2.24) is 4.90 Å². The highest BCUT2D eigenvalue weighted by molar-refractivity contribution is 4.99. The lowest BCUT2D eigenvalue weighted by Gasteiger charge is -2.41. The summed E-state index contributed by atoms with van der Waals surface area (Å²) in [6, 6.07) is 2.69. The molecule has 2 fully saturated rings. The zero-order chi connectivity index (χ0) is 8.72. The Morgan fingerprint density at radius 1 is 1.17 bits per heavy atom. The molecule has 0 spiro atoms. The molecule has 0 radical (unpaired) electrons. The van der Waals surface area contributed by atoms with E-state index in [0.717, 1.165) is 6.04 Å². The lowest BCUT2D eigenvalue weighted by Crippen LogP contribution is -2.53. The monoisotopic (exact) mass is 168 g/mol. The van der Waals surface area contributed by atoms with Crippen LogP contribution in [0.25, 0.3) is 0 Å². The maximum absolute atomic E-state index is 6.10. The predicted octanol–water partition coefficient (Wildman–Crippen LogP) is 1.35. The largest absolute Gasteiger partial charge is 0.326 e. The van der Waals surface area contributed by atoms with Crippen molar-refractivity contribution in [2.45, 2.75) is 63.7 Å². The van der Waals surface area contributed by atoms with Gasteiger partial charge in [-0.25, -0.2) is 0 Å². The molecule has 0 unspecified atom stereocenters. The van der Waals surface area contributed by atoms with Gasteiger partial charge in [0.1, 0.15) is 0 Å². The average molecular weight is 168 g/mol. The lowest BCUT2D eigenvalue weighted by atomic mass is 9.97. The molecular weight excluding hydrogens is 148 g/mol. The zero-order valence-electron chi connectivity index (χ0n) is 8.16. The molecule has 0 aromatic carbocycles. The van der Waals surface area contributed by atoms with Crippen LogP contribution < -0.4 is 5.73 Å². The molecular formula is C10H20N2. The Labute approximate surface area is 75.1 Å². The van der Waals surface area contributed by atoms with Gasteiger partial charge in [-0.1, -0.05) is 0 Å². The van der Waals surface area contributed by atoms with Gasteiger partial charge in [-0.2, -0.15) is 0 Å². The van der Waals surface area contributed by atoms with Crippen LogP contribution in [-0.4, -0.2) is 29.1 Å². The third-order valence-electron chi connectivity index (χ3n) is 3.52. The number of hydrogen-bond acceptors (Lipinski definition) is 2. The highest BCUT2D eigenvalue weighted by Crippen LogP contribution is 2.36. The van der Waals surface area contributed by atoms with Crippen LogP contribution in [0.4, 0.5) is 0 Å². The van der Waals surface area contributed by atoms with Crippen molar-refractivity contribution in [2.75, 3.05) is 0 Å². The summed E-state index contributed by atoms with van der Waals surface area (Å²) in [5.74, 6) is 0. The number of fused-ring (bicyclic) bond motifs is 2. The van der Waals surface area contributed by atoms with E-state index in [1.165, 1.54) is 25.7 Å². The van der Waals surface area contributed by atoms with E-state index in [2.05, 4.69) is 18.7 Å². The van der Waals surface area contributed by atoms with Crippen molar-refractivity contribution in [1.29, 1.82) is 0 Å². The Kier molecular flexibility index (Phi) is 2.13. The van der Waals surface area contributed by atoms with Crippen LogP contribution >= 0.6 is 0 Å². The molecule has 2 nitrogen and oxygen atoms in total. The summed E-state index contributed by atoms with van der Waals surface area (Å²) in [5, 5.41) is 0. The molecule has 2 heteroatoms. The first-order valence-corrected chi connectivity index (χ1v) is 5.23. The van der Waals surface area contributed by atoms with Crippen molar-refractivity contribution >= 4 is 0 Å². The normalized spacial score (nSPS) is 42.5. The van der Waals surface area contributed by atoms with E-state index >= 15 is 0 Å². The molecule has 2 heterocycles. The van der Waals surface area contributed by atoms with Crippen LogP contribution in [0, 0.1) is 0 Å². The number of nitrogens with zero attached hydrogens (tertiary/aromatic N) is 1. The Balaban J connectivity index is 2.13. The van der Waals surface area contributed by atoms with E-state index in [4.69, 9.17) is 5.73 Å². The maximum Gasteiger partial charge on any atom is 0.0253 e. The molecule has 2 aliphatic heterocycles. The summed E-state index contributed by atoms with van der Waals surface area (Å²) in [5.41, 5.74) is 6.10. The summed E-state index contributed by atoms with van der Waals surface area (Å²) < 4.78 is 0. The maximum atomic E-state index is 6.10. The Hall–Kier alpha value is -0.0800. The van der Waals surface area contributed by atoms with Gasteiger partial charge < -0.3 is 5.73 Å². The van der Waals surface area contributed by atoms with Crippen LogP contribution in [0.1, 0.15) is 39.5 Å². The van der Waals surface area contributed by atoms with Gasteiger partial charge in [-0.05, 0) is 39.5 Å². The zero-order valence-corrected chi connectivity index (χ0v) is 8.16. The van der Waals surface area contributed by atoms with Gasteiger partial charge in [0, 0.05) is 24.2 Å². The van der Waals surface area contributed by atoms with E-state index in [1.807, 2.05) is 0 Å². The van der Waals surface area contributed by atoms with Crippen LogP contribution in [0.15, 0.2) is 0 Å². The summed E-state index contributed by atoms with van der Waals surface area (Å²) in [6.07, 6.45) is 5.30. The molecule has 70 valence electrons. The minimum absolute atomic E-state index is 0.450. The molecule has 12 heavy (non-hydrogen) atoms. The third-order valence-corrected chi connectivity index (χ3v) is 3.52. The molecule has 2 aliphatic rings.